The minimum Gasteiger partial charge on any atom is -0.228 e. The average molecular weight is 530 g/mol. The number of aryl methyl sites for hydroxylation is 1. The molecule has 1 heterocycles. The molecule has 1 aliphatic heterocycles. The Morgan fingerprint density at radius 1 is 0.914 bits per heavy atom. The topological polar surface area (TPSA) is 71.5 Å². The van der Waals surface area contributed by atoms with Crippen LogP contribution in [0.4, 0.5) is 0 Å². The predicted molar refractivity (Wildman–Crippen MR) is 147 cm³/mol. The fourth-order valence-electron chi connectivity index (χ4n) is 4.99. The minimum atomic E-state index is -3.89. The Labute approximate surface area is 211 Å². The van der Waals surface area contributed by atoms with Crippen LogP contribution >= 0.6 is 0 Å². The van der Waals surface area contributed by atoms with Gasteiger partial charge in [-0.05, 0) is 73.0 Å². The third kappa shape index (κ3) is 4.50. The number of sulfone groups is 1. The van der Waals surface area contributed by atoms with Crippen molar-refractivity contribution in [3.05, 3.63) is 71.3 Å². The summed E-state index contributed by atoms with van der Waals surface area (Å²) < 4.78 is 55.8. The highest BCUT2D eigenvalue weighted by atomic mass is 32.2. The minimum absolute atomic E-state index is 0.0910. The van der Waals surface area contributed by atoms with E-state index in [2.05, 4.69) is 25.7 Å². The van der Waals surface area contributed by atoms with Crippen molar-refractivity contribution in [2.45, 2.75) is 68.8 Å². The van der Waals surface area contributed by atoms with Gasteiger partial charge in [-0.1, -0.05) is 61.6 Å². The smallest absolute Gasteiger partial charge is 0.228 e. The largest absolute Gasteiger partial charge is 0.243 e. The SMILES string of the molecule is Cc1ccc(S(=O)(=O)N2Cc3c(cc4ccccc4c3[Si](C)(C)C)C(S(=O)(=O)C(C)(C)C)C2)cc1. The van der Waals surface area contributed by atoms with E-state index in [-0.39, 0.29) is 18.0 Å². The van der Waals surface area contributed by atoms with E-state index in [4.69, 9.17) is 0 Å². The summed E-state index contributed by atoms with van der Waals surface area (Å²) in [5.41, 5.74) is 2.59. The molecule has 1 atom stereocenters. The molecule has 0 spiro atoms. The maximum Gasteiger partial charge on any atom is 0.243 e. The number of nitrogens with zero attached hydrogens (tertiary/aromatic N) is 1. The summed E-state index contributed by atoms with van der Waals surface area (Å²) in [6, 6.07) is 16.8. The van der Waals surface area contributed by atoms with Crippen LogP contribution in [-0.2, 0) is 26.4 Å². The normalized spacial score (nSPS) is 18.0. The maximum atomic E-state index is 13.9. The zero-order chi connectivity index (χ0) is 26.0. The molecule has 0 bridgehead atoms. The highest BCUT2D eigenvalue weighted by Crippen LogP contribution is 2.41. The second-order valence-corrected chi connectivity index (χ2v) is 21.4. The van der Waals surface area contributed by atoms with Gasteiger partial charge in [0.15, 0.2) is 9.84 Å². The Morgan fingerprint density at radius 3 is 2.09 bits per heavy atom. The second-order valence-electron chi connectivity index (χ2n) is 11.5. The van der Waals surface area contributed by atoms with Gasteiger partial charge in [-0.15, -0.1) is 0 Å². The summed E-state index contributed by atoms with van der Waals surface area (Å²) in [5.74, 6) is 0. The molecular formula is C27H35NO4S2Si. The van der Waals surface area contributed by atoms with Crippen molar-refractivity contribution in [1.82, 2.24) is 4.31 Å². The first-order valence-corrected chi connectivity index (χ1v) is 18.4. The summed E-state index contributed by atoms with van der Waals surface area (Å²) in [4.78, 5) is 0.189. The molecule has 0 saturated carbocycles. The summed E-state index contributed by atoms with van der Waals surface area (Å²) in [5, 5.41) is 2.30. The van der Waals surface area contributed by atoms with E-state index in [0.29, 0.717) is 0 Å². The van der Waals surface area contributed by atoms with Gasteiger partial charge in [0.2, 0.25) is 10.0 Å². The predicted octanol–water partition coefficient (Wildman–Crippen LogP) is 5.15. The Morgan fingerprint density at radius 2 is 1.51 bits per heavy atom. The molecule has 0 amide bonds. The van der Waals surface area contributed by atoms with Crippen LogP contribution in [0.25, 0.3) is 10.8 Å². The Balaban J connectivity index is 2.04. The molecule has 1 aliphatic rings. The van der Waals surface area contributed by atoms with E-state index in [1.807, 2.05) is 31.2 Å². The molecule has 5 nitrogen and oxygen atoms in total. The van der Waals surface area contributed by atoms with E-state index in [9.17, 15) is 16.8 Å². The fraction of sp³-hybridized carbons (Fsp3) is 0.407. The standard InChI is InChI=1S/C27H35NO4S2Si/c1-19-12-14-21(15-13-19)34(31,32)28-17-24-23(25(18-28)33(29,30)27(2,3)4)16-20-10-8-9-11-22(20)26(24)35(5,6)7/h8-16,25H,17-18H2,1-7H3. The van der Waals surface area contributed by atoms with Gasteiger partial charge in [0.25, 0.3) is 0 Å². The molecule has 0 aliphatic carbocycles. The number of hydrogen-bond donors (Lipinski definition) is 0. The third-order valence-electron chi connectivity index (χ3n) is 6.88. The van der Waals surface area contributed by atoms with Gasteiger partial charge in [0.1, 0.15) is 5.25 Å². The molecule has 35 heavy (non-hydrogen) atoms. The van der Waals surface area contributed by atoms with Gasteiger partial charge in [-0.2, -0.15) is 4.31 Å². The average Bonchev–Trinajstić information content (AvgIpc) is 2.75. The zero-order valence-electron chi connectivity index (χ0n) is 21.6. The van der Waals surface area contributed by atoms with Crippen LogP contribution in [0.2, 0.25) is 19.6 Å². The summed E-state index contributed by atoms with van der Waals surface area (Å²) in [6.07, 6.45) is 0. The van der Waals surface area contributed by atoms with E-state index in [1.54, 1.807) is 45.0 Å². The van der Waals surface area contributed by atoms with Crippen LogP contribution < -0.4 is 5.19 Å². The fourth-order valence-corrected chi connectivity index (χ4v) is 10.4. The molecule has 3 aromatic rings. The second kappa shape index (κ2) is 8.54. The van der Waals surface area contributed by atoms with Crippen LogP contribution in [0.15, 0.2) is 59.5 Å². The lowest BCUT2D eigenvalue weighted by Crippen LogP contribution is -2.49. The van der Waals surface area contributed by atoms with Gasteiger partial charge in [-0.25, -0.2) is 16.8 Å². The van der Waals surface area contributed by atoms with E-state index in [0.717, 1.165) is 32.6 Å². The summed E-state index contributed by atoms with van der Waals surface area (Å²) in [7, 11) is -9.61. The summed E-state index contributed by atoms with van der Waals surface area (Å²) in [6.45, 7) is 13.8. The third-order valence-corrected chi connectivity index (χ3v) is 13.6. The summed E-state index contributed by atoms with van der Waals surface area (Å²) >= 11 is 0. The molecular weight excluding hydrogens is 495 g/mol. The van der Waals surface area contributed by atoms with Crippen molar-refractivity contribution in [3.8, 4) is 0 Å². The molecule has 0 aromatic heterocycles. The van der Waals surface area contributed by atoms with Crippen molar-refractivity contribution >= 4 is 43.9 Å². The van der Waals surface area contributed by atoms with Crippen molar-refractivity contribution in [2.75, 3.05) is 6.54 Å². The van der Waals surface area contributed by atoms with Crippen LogP contribution in [-0.4, -0.2) is 40.5 Å². The molecule has 0 radical (unpaired) electrons. The number of hydrogen-bond acceptors (Lipinski definition) is 4. The van der Waals surface area contributed by atoms with Gasteiger partial charge in [0.05, 0.1) is 17.7 Å². The lowest BCUT2D eigenvalue weighted by atomic mass is 9.95. The lowest BCUT2D eigenvalue weighted by molar-refractivity contribution is 0.380. The molecule has 0 fully saturated rings. The molecule has 8 heteroatoms. The molecule has 0 saturated heterocycles. The molecule has 4 rings (SSSR count). The molecule has 1 unspecified atom stereocenters. The zero-order valence-corrected chi connectivity index (χ0v) is 24.2. The van der Waals surface area contributed by atoms with E-state index >= 15 is 0 Å². The van der Waals surface area contributed by atoms with E-state index in [1.165, 1.54) is 4.31 Å². The van der Waals surface area contributed by atoms with Gasteiger partial charge >= 0.3 is 0 Å². The Bertz CT molecular complexity index is 1500. The Kier molecular flexibility index (Phi) is 6.36. The van der Waals surface area contributed by atoms with Crippen LogP contribution in [0.3, 0.4) is 0 Å². The van der Waals surface area contributed by atoms with Crippen molar-refractivity contribution in [1.29, 1.82) is 0 Å². The highest BCUT2D eigenvalue weighted by molar-refractivity contribution is 7.93. The van der Waals surface area contributed by atoms with Crippen LogP contribution in [0.1, 0.15) is 42.7 Å². The van der Waals surface area contributed by atoms with Crippen molar-refractivity contribution < 1.29 is 16.8 Å². The lowest BCUT2D eigenvalue weighted by Gasteiger charge is -2.39. The first-order valence-electron chi connectivity index (χ1n) is 11.9. The number of sulfonamides is 1. The first-order chi connectivity index (χ1) is 16.0. The van der Waals surface area contributed by atoms with Crippen LogP contribution in [0, 0.1) is 6.92 Å². The molecule has 3 aromatic carbocycles. The molecule has 0 N–H and O–H groups in total. The number of benzene rings is 3. The van der Waals surface area contributed by atoms with Crippen LogP contribution in [0.5, 0.6) is 0 Å². The monoisotopic (exact) mass is 529 g/mol. The first kappa shape index (κ1) is 26.1. The van der Waals surface area contributed by atoms with Crippen molar-refractivity contribution in [2.24, 2.45) is 0 Å². The van der Waals surface area contributed by atoms with Crippen molar-refractivity contribution in [3.63, 3.8) is 0 Å². The number of fused-ring (bicyclic) bond motifs is 2. The quantitative estimate of drug-likeness (QED) is 0.438. The van der Waals surface area contributed by atoms with Gasteiger partial charge < -0.3 is 0 Å². The molecule has 188 valence electrons. The number of rotatable bonds is 4. The highest BCUT2D eigenvalue weighted by Gasteiger charge is 2.46. The van der Waals surface area contributed by atoms with Gasteiger partial charge in [0, 0.05) is 13.1 Å². The van der Waals surface area contributed by atoms with E-state index < -0.39 is 37.9 Å². The van der Waals surface area contributed by atoms with Gasteiger partial charge in [-0.3, -0.25) is 0 Å². The maximum absolute atomic E-state index is 13.9. The Hall–Kier alpha value is -2.00.